The third kappa shape index (κ3) is 12.3. The van der Waals surface area contributed by atoms with Gasteiger partial charge in [-0.15, -0.1) is 0 Å². The Kier molecular flexibility index (Phi) is 14.4. The Hall–Kier alpha value is -0.980. The van der Waals surface area contributed by atoms with E-state index in [0.717, 1.165) is 19.3 Å². The maximum absolute atomic E-state index is 12.5. The predicted molar refractivity (Wildman–Crippen MR) is 117 cm³/mol. The fraction of sp³-hybridized carbons (Fsp3) is 0.913. The molecular formula is C23H46NO5+. The monoisotopic (exact) mass is 416 g/mol. The highest BCUT2D eigenvalue weighted by molar-refractivity contribution is 5.91. The van der Waals surface area contributed by atoms with E-state index >= 15 is 0 Å². The van der Waals surface area contributed by atoms with Gasteiger partial charge in [0.2, 0.25) is 11.8 Å². The molecule has 0 aliphatic rings. The minimum absolute atomic E-state index is 0.0958. The van der Waals surface area contributed by atoms with Crippen LogP contribution in [0.3, 0.4) is 0 Å². The molecule has 172 valence electrons. The molecule has 29 heavy (non-hydrogen) atoms. The Labute approximate surface area is 177 Å². The Morgan fingerprint density at radius 2 is 1.17 bits per heavy atom. The van der Waals surface area contributed by atoms with Gasteiger partial charge in [0.05, 0.1) is 27.6 Å². The topological polar surface area (TPSA) is 94.8 Å². The van der Waals surface area contributed by atoms with E-state index in [1.807, 2.05) is 0 Å². The number of Topliss-reactive ketones (excluding diaryl/α,β-unsaturated/α-hetero) is 1. The highest BCUT2D eigenvalue weighted by atomic mass is 16.4. The summed E-state index contributed by atoms with van der Waals surface area (Å²) >= 11 is 0. The first kappa shape index (κ1) is 28.0. The van der Waals surface area contributed by atoms with Gasteiger partial charge in [0.15, 0.2) is 5.78 Å². The number of hydrogen-bond donors (Lipinski definition) is 3. The molecule has 0 saturated heterocycles. The lowest BCUT2D eigenvalue weighted by Crippen LogP contribution is -2.63. The molecule has 0 amide bonds. The van der Waals surface area contributed by atoms with Gasteiger partial charge in [-0.2, -0.15) is 0 Å². The number of aliphatic hydroxyl groups is 2. The fourth-order valence-corrected chi connectivity index (χ4v) is 3.72. The summed E-state index contributed by atoms with van der Waals surface area (Å²) in [5.41, 5.74) is -2.25. The minimum atomic E-state index is -2.25. The van der Waals surface area contributed by atoms with Crippen molar-refractivity contribution in [3.63, 3.8) is 0 Å². The third-order valence-corrected chi connectivity index (χ3v) is 5.57. The molecule has 1 unspecified atom stereocenters. The zero-order valence-electron chi connectivity index (χ0n) is 19.3. The lowest BCUT2D eigenvalue weighted by atomic mass is 9.87. The lowest BCUT2D eigenvalue weighted by Gasteiger charge is -2.39. The number of rotatable bonds is 19. The molecule has 0 bridgehead atoms. The Bertz CT molecular complexity index is 461. The molecule has 0 radical (unpaired) electrons. The van der Waals surface area contributed by atoms with Crippen LogP contribution in [0.4, 0.5) is 0 Å². The zero-order chi connectivity index (χ0) is 22.3. The number of carbonyl (C=O) groups is 2. The van der Waals surface area contributed by atoms with Crippen LogP contribution >= 0.6 is 0 Å². The van der Waals surface area contributed by atoms with E-state index in [0.29, 0.717) is 6.42 Å². The number of likely N-dealkylation sites (N-methyl/N-ethyl adjacent to an activating group) is 1. The van der Waals surface area contributed by atoms with Crippen molar-refractivity contribution in [3.8, 4) is 0 Å². The number of nitrogens with zero attached hydrogens (tertiary/aromatic N) is 1. The summed E-state index contributed by atoms with van der Waals surface area (Å²) in [6.07, 6.45) is 13.3. The van der Waals surface area contributed by atoms with Crippen LogP contribution in [0.1, 0.15) is 103 Å². The molecule has 0 saturated carbocycles. The van der Waals surface area contributed by atoms with E-state index in [2.05, 4.69) is 6.92 Å². The summed E-state index contributed by atoms with van der Waals surface area (Å²) < 4.78 is -0.103. The molecule has 0 aliphatic carbocycles. The summed E-state index contributed by atoms with van der Waals surface area (Å²) in [4.78, 5) is 23.6. The average molecular weight is 417 g/mol. The Morgan fingerprint density at radius 3 is 1.52 bits per heavy atom. The van der Waals surface area contributed by atoms with Crippen LogP contribution in [0.2, 0.25) is 0 Å². The second-order valence-corrected chi connectivity index (χ2v) is 9.40. The number of aliphatic hydroxyl groups excluding tert-OH is 1. The number of ketones is 1. The molecule has 0 aliphatic heterocycles. The second kappa shape index (κ2) is 14.9. The van der Waals surface area contributed by atoms with E-state index in [1.165, 1.54) is 57.8 Å². The van der Waals surface area contributed by atoms with Crippen molar-refractivity contribution in [3.05, 3.63) is 0 Å². The third-order valence-electron chi connectivity index (χ3n) is 5.57. The first-order valence-corrected chi connectivity index (χ1v) is 11.5. The number of unbranched alkanes of at least 4 members (excludes halogenated alkanes) is 12. The molecule has 2 atom stereocenters. The van der Waals surface area contributed by atoms with Gasteiger partial charge < -0.3 is 19.8 Å². The van der Waals surface area contributed by atoms with E-state index in [1.54, 1.807) is 21.1 Å². The van der Waals surface area contributed by atoms with Crippen LogP contribution in [0.15, 0.2) is 0 Å². The van der Waals surface area contributed by atoms with Gasteiger partial charge in [-0.25, -0.2) is 0 Å². The van der Waals surface area contributed by atoms with Crippen molar-refractivity contribution < 1.29 is 29.4 Å². The predicted octanol–water partition coefficient (Wildman–Crippen LogP) is 4.27. The van der Waals surface area contributed by atoms with Crippen LogP contribution in [-0.2, 0) is 9.59 Å². The van der Waals surface area contributed by atoms with Gasteiger partial charge in [0.25, 0.3) is 0 Å². The highest BCUT2D eigenvalue weighted by Gasteiger charge is 2.51. The molecule has 6 nitrogen and oxygen atoms in total. The van der Waals surface area contributed by atoms with Crippen LogP contribution in [0, 0.1) is 0 Å². The average Bonchev–Trinajstić information content (AvgIpc) is 2.63. The molecule has 0 aromatic heterocycles. The number of carbonyl (C=O) groups excluding carboxylic acids is 1. The van der Waals surface area contributed by atoms with Gasteiger partial charge in [-0.05, 0) is 6.42 Å². The minimum Gasteiger partial charge on any atom is -0.481 e. The molecule has 0 heterocycles. The number of carboxylic acid groups (broad SMARTS) is 1. The smallest absolute Gasteiger partial charge is 0.307 e. The highest BCUT2D eigenvalue weighted by Crippen LogP contribution is 2.25. The van der Waals surface area contributed by atoms with Crippen LogP contribution in [0.25, 0.3) is 0 Å². The summed E-state index contributed by atoms with van der Waals surface area (Å²) in [7, 11) is 4.86. The molecule has 0 fully saturated rings. The molecule has 0 aromatic rings. The molecule has 0 aromatic carbocycles. The van der Waals surface area contributed by atoms with Crippen molar-refractivity contribution in [1.82, 2.24) is 0 Å². The Morgan fingerprint density at radius 1 is 0.793 bits per heavy atom. The van der Waals surface area contributed by atoms with Crippen LogP contribution < -0.4 is 0 Å². The van der Waals surface area contributed by atoms with E-state index in [9.17, 15) is 19.8 Å². The SMILES string of the molecule is CCCCCCCCCCCCCCCC(=O)[C@@](O)(CC(=O)O)C(O)[N+](C)(C)C. The van der Waals surface area contributed by atoms with Gasteiger partial charge in [0.1, 0.15) is 0 Å². The van der Waals surface area contributed by atoms with Crippen LogP contribution in [0.5, 0.6) is 0 Å². The van der Waals surface area contributed by atoms with Gasteiger partial charge >= 0.3 is 5.97 Å². The molecule has 0 spiro atoms. The molecule has 3 N–H and O–H groups in total. The summed E-state index contributed by atoms with van der Waals surface area (Å²) in [5, 5.41) is 30.1. The van der Waals surface area contributed by atoms with Crippen LogP contribution in [-0.4, -0.2) is 64.5 Å². The summed E-state index contributed by atoms with van der Waals surface area (Å²) in [5.74, 6) is -1.87. The quantitative estimate of drug-likeness (QED) is 0.166. The molecule has 0 rings (SSSR count). The molecule has 6 heteroatoms. The van der Waals surface area contributed by atoms with Gasteiger partial charge in [-0.1, -0.05) is 84.0 Å². The Balaban J connectivity index is 4.01. The van der Waals surface area contributed by atoms with Crippen molar-refractivity contribution in [2.24, 2.45) is 0 Å². The number of hydrogen-bond acceptors (Lipinski definition) is 4. The number of carboxylic acids is 1. The largest absolute Gasteiger partial charge is 0.481 e. The maximum Gasteiger partial charge on any atom is 0.307 e. The summed E-state index contributed by atoms with van der Waals surface area (Å²) in [6, 6.07) is 0. The van der Waals surface area contributed by atoms with Gasteiger partial charge in [-0.3, -0.25) is 9.59 Å². The first-order valence-electron chi connectivity index (χ1n) is 11.5. The number of aliphatic carboxylic acids is 1. The normalized spacial score (nSPS) is 15.1. The standard InChI is InChI=1S/C23H45NO5/c1-5-6-7-8-9-10-11-12-13-14-15-16-17-18-20(25)23(29,19-21(26)27)22(28)24(2,3)4/h22,28-29H,5-19H2,1-4H3/p+1/t22?,23-/m0/s1. The molecular weight excluding hydrogens is 370 g/mol. The van der Waals surface area contributed by atoms with Crippen molar-refractivity contribution in [2.75, 3.05) is 21.1 Å². The van der Waals surface area contributed by atoms with E-state index in [-0.39, 0.29) is 10.9 Å². The number of quaternary nitrogens is 1. The summed E-state index contributed by atoms with van der Waals surface area (Å²) in [6.45, 7) is 2.24. The van der Waals surface area contributed by atoms with Crippen molar-refractivity contribution >= 4 is 11.8 Å². The van der Waals surface area contributed by atoms with E-state index < -0.39 is 30.0 Å². The van der Waals surface area contributed by atoms with E-state index in [4.69, 9.17) is 5.11 Å². The zero-order valence-corrected chi connectivity index (χ0v) is 19.3. The fourth-order valence-electron chi connectivity index (χ4n) is 3.72. The second-order valence-electron chi connectivity index (χ2n) is 9.40. The lowest BCUT2D eigenvalue weighted by molar-refractivity contribution is -0.925. The maximum atomic E-state index is 12.5. The van der Waals surface area contributed by atoms with Crippen molar-refractivity contribution in [1.29, 1.82) is 0 Å². The van der Waals surface area contributed by atoms with Gasteiger partial charge in [0, 0.05) is 6.42 Å². The first-order chi connectivity index (χ1) is 13.6. The van der Waals surface area contributed by atoms with Crippen molar-refractivity contribution in [2.45, 2.75) is 115 Å².